The summed E-state index contributed by atoms with van der Waals surface area (Å²) in [5.41, 5.74) is 4.89. The predicted octanol–water partition coefficient (Wildman–Crippen LogP) is 5.26. The van der Waals surface area contributed by atoms with Gasteiger partial charge >= 0.3 is 0 Å². The number of allylic oxidation sites excluding steroid dienone is 1. The zero-order chi connectivity index (χ0) is 22.4. The van der Waals surface area contributed by atoms with Gasteiger partial charge in [-0.2, -0.15) is 0 Å². The molecule has 0 aromatic heterocycles. The molecule has 3 aliphatic rings. The molecular weight excluding hydrogens is 416 g/mol. The van der Waals surface area contributed by atoms with Gasteiger partial charge in [-0.15, -0.1) is 0 Å². The highest BCUT2D eigenvalue weighted by Gasteiger charge is 2.40. The van der Waals surface area contributed by atoms with Crippen LogP contribution in [-0.4, -0.2) is 19.7 Å². The van der Waals surface area contributed by atoms with E-state index >= 15 is 0 Å². The van der Waals surface area contributed by atoms with Gasteiger partial charge in [0, 0.05) is 18.0 Å². The lowest BCUT2D eigenvalue weighted by atomic mass is 9.76. The average Bonchev–Trinajstić information content (AvgIpc) is 3.24. The zero-order valence-electron chi connectivity index (χ0n) is 18.2. The Balaban J connectivity index is 1.45. The SMILES string of the molecule is COc1cccc(C2C=C3Nc4ccccc4NC(c4ccc5c(c4)OCO5)C3C(=O)C2)c1. The number of rotatable bonds is 3. The van der Waals surface area contributed by atoms with E-state index in [0.717, 1.165) is 39.7 Å². The number of fused-ring (bicyclic) bond motifs is 3. The van der Waals surface area contributed by atoms with Gasteiger partial charge in [0.2, 0.25) is 6.79 Å². The van der Waals surface area contributed by atoms with Crippen molar-refractivity contribution in [3.05, 3.63) is 89.6 Å². The Morgan fingerprint density at radius 1 is 0.909 bits per heavy atom. The van der Waals surface area contributed by atoms with Crippen molar-refractivity contribution >= 4 is 17.2 Å². The number of anilines is 2. The highest BCUT2D eigenvalue weighted by Crippen LogP contribution is 2.46. The zero-order valence-corrected chi connectivity index (χ0v) is 18.2. The van der Waals surface area contributed by atoms with Crippen LogP contribution in [0.2, 0.25) is 0 Å². The highest BCUT2D eigenvalue weighted by atomic mass is 16.7. The molecule has 6 rings (SSSR count). The first-order valence-corrected chi connectivity index (χ1v) is 11.1. The van der Waals surface area contributed by atoms with Crippen LogP contribution >= 0.6 is 0 Å². The number of ether oxygens (including phenoxy) is 3. The standard InChI is InChI=1S/C27H24N2O4/c1-31-19-6-4-5-16(11-19)18-12-22-26(23(30)13-18)27(29-21-8-3-2-7-20(21)28-22)17-9-10-24-25(14-17)33-15-32-24/h2-12,14,18,26-29H,13,15H2,1H3. The molecule has 6 nitrogen and oxygen atoms in total. The van der Waals surface area contributed by atoms with Gasteiger partial charge in [-0.05, 0) is 47.5 Å². The Hall–Kier alpha value is -3.93. The average molecular weight is 440 g/mol. The second-order valence-corrected chi connectivity index (χ2v) is 8.56. The van der Waals surface area contributed by atoms with E-state index in [4.69, 9.17) is 14.2 Å². The van der Waals surface area contributed by atoms with Crippen molar-refractivity contribution in [2.45, 2.75) is 18.4 Å². The van der Waals surface area contributed by atoms with Gasteiger partial charge in [-0.25, -0.2) is 0 Å². The molecule has 2 aliphatic heterocycles. The molecule has 6 heteroatoms. The Morgan fingerprint density at radius 3 is 2.64 bits per heavy atom. The van der Waals surface area contributed by atoms with Crippen LogP contribution < -0.4 is 24.8 Å². The van der Waals surface area contributed by atoms with E-state index < -0.39 is 0 Å². The smallest absolute Gasteiger partial charge is 0.231 e. The quantitative estimate of drug-likeness (QED) is 0.579. The third-order valence-electron chi connectivity index (χ3n) is 6.61. The number of hydrogen-bond donors (Lipinski definition) is 2. The lowest BCUT2D eigenvalue weighted by Crippen LogP contribution is -2.33. The molecule has 0 fully saturated rings. The van der Waals surface area contributed by atoms with Crippen molar-refractivity contribution in [3.63, 3.8) is 0 Å². The van der Waals surface area contributed by atoms with Crippen molar-refractivity contribution in [1.29, 1.82) is 0 Å². The highest BCUT2D eigenvalue weighted by molar-refractivity contribution is 5.90. The molecule has 0 amide bonds. The summed E-state index contributed by atoms with van der Waals surface area (Å²) < 4.78 is 16.5. The van der Waals surface area contributed by atoms with Crippen LogP contribution in [0.3, 0.4) is 0 Å². The molecule has 0 bridgehead atoms. The minimum absolute atomic E-state index is 0.0194. The summed E-state index contributed by atoms with van der Waals surface area (Å²) in [5.74, 6) is 2.06. The van der Waals surface area contributed by atoms with Crippen molar-refractivity contribution < 1.29 is 19.0 Å². The van der Waals surface area contributed by atoms with E-state index in [2.05, 4.69) is 22.8 Å². The molecule has 3 aromatic rings. The fraction of sp³-hybridized carbons (Fsp3) is 0.222. The summed E-state index contributed by atoms with van der Waals surface area (Å²) >= 11 is 0. The van der Waals surface area contributed by atoms with Gasteiger partial charge in [0.25, 0.3) is 0 Å². The van der Waals surface area contributed by atoms with E-state index in [9.17, 15) is 4.79 Å². The van der Waals surface area contributed by atoms with Crippen LogP contribution in [-0.2, 0) is 4.79 Å². The Morgan fingerprint density at radius 2 is 1.76 bits per heavy atom. The van der Waals surface area contributed by atoms with Crippen LogP contribution in [0.25, 0.3) is 0 Å². The summed E-state index contributed by atoms with van der Waals surface area (Å²) in [7, 11) is 1.66. The maximum atomic E-state index is 13.7. The molecule has 3 atom stereocenters. The first kappa shape index (κ1) is 19.7. The second-order valence-electron chi connectivity index (χ2n) is 8.56. The maximum absolute atomic E-state index is 13.7. The molecule has 3 aromatic carbocycles. The largest absolute Gasteiger partial charge is 0.497 e. The number of nitrogens with one attached hydrogen (secondary N) is 2. The summed E-state index contributed by atoms with van der Waals surface area (Å²) in [5, 5.41) is 7.19. The topological polar surface area (TPSA) is 68.8 Å². The van der Waals surface area contributed by atoms with E-state index in [1.807, 2.05) is 60.7 Å². The molecule has 1 aliphatic carbocycles. The summed E-state index contributed by atoms with van der Waals surface area (Å²) in [6, 6.07) is 21.7. The Kier molecular flexibility index (Phi) is 4.72. The molecule has 0 radical (unpaired) electrons. The van der Waals surface area contributed by atoms with Crippen molar-refractivity contribution in [1.82, 2.24) is 0 Å². The monoisotopic (exact) mass is 440 g/mol. The van der Waals surface area contributed by atoms with Crippen LogP contribution in [0, 0.1) is 5.92 Å². The minimum atomic E-state index is -0.348. The Bertz CT molecular complexity index is 1270. The number of methoxy groups -OCH3 is 1. The van der Waals surface area contributed by atoms with Gasteiger partial charge in [-0.1, -0.05) is 36.4 Å². The van der Waals surface area contributed by atoms with Gasteiger partial charge in [0.05, 0.1) is 30.4 Å². The molecular formula is C27H24N2O4. The molecule has 166 valence electrons. The van der Waals surface area contributed by atoms with Crippen molar-refractivity contribution in [2.24, 2.45) is 5.92 Å². The predicted molar refractivity (Wildman–Crippen MR) is 126 cm³/mol. The lowest BCUT2D eigenvalue weighted by molar-refractivity contribution is -0.122. The second kappa shape index (κ2) is 7.89. The van der Waals surface area contributed by atoms with E-state index in [1.165, 1.54) is 0 Å². The maximum Gasteiger partial charge on any atom is 0.231 e. The number of carbonyl (C=O) groups excluding carboxylic acids is 1. The van der Waals surface area contributed by atoms with E-state index in [-0.39, 0.29) is 30.5 Å². The molecule has 2 heterocycles. The van der Waals surface area contributed by atoms with Gasteiger partial charge < -0.3 is 24.8 Å². The van der Waals surface area contributed by atoms with Crippen molar-refractivity contribution in [2.75, 3.05) is 24.5 Å². The third kappa shape index (κ3) is 3.48. The summed E-state index contributed by atoms with van der Waals surface area (Å²) in [4.78, 5) is 13.7. The molecule has 0 spiro atoms. The molecule has 0 saturated heterocycles. The van der Waals surface area contributed by atoms with Crippen LogP contribution in [0.4, 0.5) is 11.4 Å². The van der Waals surface area contributed by atoms with Crippen LogP contribution in [0.1, 0.15) is 29.5 Å². The number of carbonyl (C=O) groups is 1. The number of Topliss-reactive ketones (excluding diaryl/α,β-unsaturated/α-hetero) is 1. The number of para-hydroxylation sites is 2. The molecule has 33 heavy (non-hydrogen) atoms. The molecule has 3 unspecified atom stereocenters. The first-order chi connectivity index (χ1) is 16.2. The first-order valence-electron chi connectivity index (χ1n) is 11.1. The molecule has 2 N–H and O–H groups in total. The fourth-order valence-corrected chi connectivity index (χ4v) is 4.97. The lowest BCUT2D eigenvalue weighted by Gasteiger charge is -2.32. The summed E-state index contributed by atoms with van der Waals surface area (Å²) in [6.07, 6.45) is 2.63. The Labute approximate surface area is 192 Å². The minimum Gasteiger partial charge on any atom is -0.497 e. The fourth-order valence-electron chi connectivity index (χ4n) is 4.97. The molecule has 0 saturated carbocycles. The normalized spacial score (nSPS) is 22.8. The van der Waals surface area contributed by atoms with E-state index in [0.29, 0.717) is 12.2 Å². The number of ketones is 1. The van der Waals surface area contributed by atoms with E-state index in [1.54, 1.807) is 7.11 Å². The third-order valence-corrected chi connectivity index (χ3v) is 6.61. The van der Waals surface area contributed by atoms with Crippen LogP contribution in [0.5, 0.6) is 17.2 Å². The summed E-state index contributed by atoms with van der Waals surface area (Å²) in [6.45, 7) is 0.219. The number of benzene rings is 3. The number of hydrogen-bond acceptors (Lipinski definition) is 6. The van der Waals surface area contributed by atoms with Gasteiger partial charge in [-0.3, -0.25) is 4.79 Å². The van der Waals surface area contributed by atoms with Crippen molar-refractivity contribution in [3.8, 4) is 17.2 Å². The van der Waals surface area contributed by atoms with Crippen LogP contribution in [0.15, 0.2) is 78.5 Å². The van der Waals surface area contributed by atoms with Gasteiger partial charge in [0.15, 0.2) is 11.5 Å². The van der Waals surface area contributed by atoms with Gasteiger partial charge in [0.1, 0.15) is 11.5 Å².